The third-order valence-corrected chi connectivity index (χ3v) is 3.58. The highest BCUT2D eigenvalue weighted by atomic mass is 19.1. The van der Waals surface area contributed by atoms with Crippen LogP contribution in [0.15, 0.2) is 18.2 Å². The monoisotopic (exact) mass is 252 g/mol. The van der Waals surface area contributed by atoms with Gasteiger partial charge in [-0.3, -0.25) is 11.3 Å². The van der Waals surface area contributed by atoms with Gasteiger partial charge in [-0.25, -0.2) is 4.39 Å². The van der Waals surface area contributed by atoms with Gasteiger partial charge in [0.25, 0.3) is 0 Å². The third-order valence-electron chi connectivity index (χ3n) is 3.58. The Morgan fingerprint density at radius 1 is 1.56 bits per heavy atom. The summed E-state index contributed by atoms with van der Waals surface area (Å²) in [5, 5.41) is 0. The van der Waals surface area contributed by atoms with Gasteiger partial charge in [-0.2, -0.15) is 0 Å². The number of ether oxygens (including phenoxy) is 1. The number of benzene rings is 1. The van der Waals surface area contributed by atoms with Gasteiger partial charge in [0.05, 0.1) is 6.10 Å². The van der Waals surface area contributed by atoms with Crippen LogP contribution in [-0.4, -0.2) is 18.8 Å². The first-order valence-electron chi connectivity index (χ1n) is 6.52. The van der Waals surface area contributed by atoms with Crippen molar-refractivity contribution in [1.82, 2.24) is 5.43 Å². The minimum atomic E-state index is -0.191. The second-order valence-electron chi connectivity index (χ2n) is 5.01. The van der Waals surface area contributed by atoms with Crippen LogP contribution in [0.3, 0.4) is 0 Å². The molecule has 2 unspecified atom stereocenters. The number of hydrazine groups is 1. The molecule has 18 heavy (non-hydrogen) atoms. The minimum absolute atomic E-state index is 0.133. The van der Waals surface area contributed by atoms with Crippen LogP contribution >= 0.6 is 0 Å². The van der Waals surface area contributed by atoms with Crippen LogP contribution in [0.4, 0.5) is 4.39 Å². The third kappa shape index (κ3) is 3.51. The van der Waals surface area contributed by atoms with Crippen molar-refractivity contribution in [2.75, 3.05) is 6.61 Å². The van der Waals surface area contributed by atoms with Gasteiger partial charge in [-0.05, 0) is 55.9 Å². The van der Waals surface area contributed by atoms with E-state index in [0.29, 0.717) is 6.10 Å². The molecule has 0 radical (unpaired) electrons. The average Bonchev–Trinajstić information content (AvgIpc) is 2.85. The molecule has 0 saturated carbocycles. The Labute approximate surface area is 107 Å². The van der Waals surface area contributed by atoms with Gasteiger partial charge in [-0.1, -0.05) is 6.07 Å². The summed E-state index contributed by atoms with van der Waals surface area (Å²) >= 11 is 0. The van der Waals surface area contributed by atoms with Crippen LogP contribution in [0.1, 0.15) is 30.4 Å². The number of nitrogens with one attached hydrogen (secondary N) is 1. The lowest BCUT2D eigenvalue weighted by Crippen LogP contribution is -2.39. The molecule has 3 nitrogen and oxygen atoms in total. The van der Waals surface area contributed by atoms with Gasteiger partial charge in [0.2, 0.25) is 0 Å². The first-order chi connectivity index (χ1) is 8.69. The van der Waals surface area contributed by atoms with E-state index in [1.807, 2.05) is 13.0 Å². The Morgan fingerprint density at radius 3 is 3.06 bits per heavy atom. The molecule has 2 rings (SSSR count). The van der Waals surface area contributed by atoms with Crippen molar-refractivity contribution < 1.29 is 9.13 Å². The van der Waals surface area contributed by atoms with Gasteiger partial charge in [0.1, 0.15) is 5.82 Å². The summed E-state index contributed by atoms with van der Waals surface area (Å²) < 4.78 is 18.8. The topological polar surface area (TPSA) is 47.3 Å². The van der Waals surface area contributed by atoms with E-state index in [-0.39, 0.29) is 11.9 Å². The lowest BCUT2D eigenvalue weighted by Gasteiger charge is -2.20. The molecule has 4 heteroatoms. The number of hydrogen-bond acceptors (Lipinski definition) is 3. The number of rotatable bonds is 5. The molecule has 0 amide bonds. The van der Waals surface area contributed by atoms with Crippen LogP contribution in [0, 0.1) is 12.7 Å². The van der Waals surface area contributed by atoms with Crippen LogP contribution in [0.25, 0.3) is 0 Å². The smallest absolute Gasteiger partial charge is 0.123 e. The van der Waals surface area contributed by atoms with Gasteiger partial charge in [0, 0.05) is 12.6 Å². The lowest BCUT2D eigenvalue weighted by atomic mass is 9.97. The fourth-order valence-electron chi connectivity index (χ4n) is 2.48. The summed E-state index contributed by atoms with van der Waals surface area (Å²) in [6.45, 7) is 2.84. The highest BCUT2D eigenvalue weighted by Crippen LogP contribution is 2.20. The predicted molar refractivity (Wildman–Crippen MR) is 69.5 cm³/mol. The van der Waals surface area contributed by atoms with Crippen LogP contribution < -0.4 is 11.3 Å². The average molecular weight is 252 g/mol. The van der Waals surface area contributed by atoms with Crippen molar-refractivity contribution in [2.45, 2.75) is 44.8 Å². The molecular weight excluding hydrogens is 231 g/mol. The Balaban J connectivity index is 1.98. The maximum absolute atomic E-state index is 13.2. The summed E-state index contributed by atoms with van der Waals surface area (Å²) in [5.41, 5.74) is 4.93. The van der Waals surface area contributed by atoms with E-state index in [2.05, 4.69) is 5.43 Å². The van der Waals surface area contributed by atoms with Crippen LogP contribution in [0.2, 0.25) is 0 Å². The first kappa shape index (κ1) is 13.5. The molecule has 1 saturated heterocycles. The van der Waals surface area contributed by atoms with Gasteiger partial charge < -0.3 is 4.74 Å². The van der Waals surface area contributed by atoms with Crippen LogP contribution in [0.5, 0.6) is 0 Å². The summed E-state index contributed by atoms with van der Waals surface area (Å²) in [6, 6.07) is 5.03. The second-order valence-corrected chi connectivity index (χ2v) is 5.01. The number of aryl methyl sites for hydroxylation is 1. The van der Waals surface area contributed by atoms with E-state index in [4.69, 9.17) is 10.6 Å². The molecule has 1 aromatic carbocycles. The maximum Gasteiger partial charge on any atom is 0.123 e. The molecule has 1 heterocycles. The van der Waals surface area contributed by atoms with Crippen molar-refractivity contribution in [3.05, 3.63) is 35.1 Å². The minimum Gasteiger partial charge on any atom is -0.378 e. The van der Waals surface area contributed by atoms with Gasteiger partial charge in [0.15, 0.2) is 0 Å². The van der Waals surface area contributed by atoms with E-state index in [1.165, 1.54) is 6.07 Å². The molecule has 0 spiro atoms. The van der Waals surface area contributed by atoms with Gasteiger partial charge in [-0.15, -0.1) is 0 Å². The zero-order valence-electron chi connectivity index (χ0n) is 10.8. The fraction of sp³-hybridized carbons (Fsp3) is 0.571. The zero-order chi connectivity index (χ0) is 13.0. The Morgan fingerprint density at radius 2 is 2.39 bits per heavy atom. The van der Waals surface area contributed by atoms with E-state index >= 15 is 0 Å². The molecule has 1 fully saturated rings. The highest BCUT2D eigenvalue weighted by molar-refractivity contribution is 5.27. The number of halogens is 1. The Hall–Kier alpha value is -0.970. The SMILES string of the molecule is Cc1ccc(F)cc1CC(CC1CCCO1)NN. The molecule has 1 aliphatic heterocycles. The van der Waals surface area contributed by atoms with E-state index in [9.17, 15) is 4.39 Å². The summed E-state index contributed by atoms with van der Waals surface area (Å²) in [5.74, 6) is 5.40. The molecule has 2 atom stereocenters. The molecule has 3 N–H and O–H groups in total. The Kier molecular flexibility index (Phi) is 4.69. The quantitative estimate of drug-likeness (QED) is 0.623. The van der Waals surface area contributed by atoms with Crippen molar-refractivity contribution in [3.63, 3.8) is 0 Å². The standard InChI is InChI=1S/C14H21FN2O/c1-10-4-5-12(15)7-11(10)8-13(17-16)9-14-3-2-6-18-14/h4-5,7,13-14,17H,2-3,6,8-9,16H2,1H3. The fourth-order valence-corrected chi connectivity index (χ4v) is 2.48. The van der Waals surface area contributed by atoms with Gasteiger partial charge >= 0.3 is 0 Å². The van der Waals surface area contributed by atoms with Crippen molar-refractivity contribution in [3.8, 4) is 0 Å². The van der Waals surface area contributed by atoms with Crippen LogP contribution in [-0.2, 0) is 11.2 Å². The van der Waals surface area contributed by atoms with E-state index in [0.717, 1.165) is 43.4 Å². The largest absolute Gasteiger partial charge is 0.378 e. The molecule has 1 aliphatic rings. The predicted octanol–water partition coefficient (Wildman–Crippen LogP) is 2.08. The summed E-state index contributed by atoms with van der Waals surface area (Å²) in [6.07, 6.45) is 4.13. The molecule has 100 valence electrons. The first-order valence-corrected chi connectivity index (χ1v) is 6.52. The Bertz CT molecular complexity index is 391. The summed E-state index contributed by atoms with van der Waals surface area (Å²) in [4.78, 5) is 0. The molecule has 0 bridgehead atoms. The molecule has 0 aromatic heterocycles. The number of nitrogens with two attached hydrogens (primary N) is 1. The number of hydrogen-bond donors (Lipinski definition) is 2. The summed E-state index contributed by atoms with van der Waals surface area (Å²) in [7, 11) is 0. The lowest BCUT2D eigenvalue weighted by molar-refractivity contribution is 0.0946. The van der Waals surface area contributed by atoms with Crippen molar-refractivity contribution in [2.24, 2.45) is 5.84 Å². The highest BCUT2D eigenvalue weighted by Gasteiger charge is 2.20. The van der Waals surface area contributed by atoms with E-state index < -0.39 is 0 Å². The molecule has 0 aliphatic carbocycles. The second kappa shape index (κ2) is 6.27. The normalized spacial score (nSPS) is 21.2. The molecular formula is C14H21FN2O. The maximum atomic E-state index is 13.2. The van der Waals surface area contributed by atoms with Crippen molar-refractivity contribution in [1.29, 1.82) is 0 Å². The zero-order valence-corrected chi connectivity index (χ0v) is 10.8. The van der Waals surface area contributed by atoms with Crippen molar-refractivity contribution >= 4 is 0 Å². The van der Waals surface area contributed by atoms with E-state index in [1.54, 1.807) is 6.07 Å². The molecule has 1 aromatic rings.